The van der Waals surface area contributed by atoms with E-state index in [4.69, 9.17) is 11.5 Å². The maximum atomic E-state index is 10.6. The van der Waals surface area contributed by atoms with Crippen LogP contribution >= 0.6 is 0 Å². The molecule has 3 nitrogen and oxygen atoms in total. The van der Waals surface area contributed by atoms with Crippen LogP contribution in [0.2, 0.25) is 0 Å². The number of hydrogen-bond donors (Lipinski definition) is 2. The molecule has 1 atom stereocenters. The Bertz CT molecular complexity index is 183. The smallest absolute Gasteiger partial charge is 0.323 e. The maximum Gasteiger partial charge on any atom is 0.323 e. The van der Waals surface area contributed by atoms with Crippen LogP contribution in [0.3, 0.4) is 0 Å². The van der Waals surface area contributed by atoms with E-state index in [9.17, 15) is 4.79 Å². The van der Waals surface area contributed by atoms with Crippen LogP contribution < -0.4 is 5.32 Å². The lowest BCUT2D eigenvalue weighted by Crippen LogP contribution is -2.49. The second-order valence-corrected chi connectivity index (χ2v) is 2.55. The molecule has 0 bridgehead atoms. The molecule has 0 saturated carbocycles. The Morgan fingerprint density at radius 1 is 1.82 bits per heavy atom. The quantitative estimate of drug-likeness (QED) is 0.580. The molecule has 2 N–H and O–H groups in total. The highest BCUT2D eigenvalue weighted by atomic mass is 16.4. The second-order valence-electron chi connectivity index (χ2n) is 2.55. The largest absolute Gasteiger partial charge is 0.480 e. The minimum absolute atomic E-state index is 0.288. The molecule has 0 spiro atoms. The van der Waals surface area contributed by atoms with Crippen molar-refractivity contribution in [1.29, 1.82) is 0 Å². The number of hydrogen-bond acceptors (Lipinski definition) is 2. The third-order valence-electron chi connectivity index (χ3n) is 1.76. The third kappa shape index (κ3) is 2.60. The van der Waals surface area contributed by atoms with Crippen molar-refractivity contribution in [2.75, 3.05) is 6.54 Å². The van der Waals surface area contributed by atoms with Crippen molar-refractivity contribution in [2.45, 2.75) is 25.8 Å². The number of nitrogens with one attached hydrogen (secondary N) is 1. The third-order valence-corrected chi connectivity index (χ3v) is 1.76. The number of carbonyl (C=O) groups is 1. The predicted octanol–water partition coefficient (Wildman–Crippen LogP) is 0.463. The molecule has 11 heavy (non-hydrogen) atoms. The zero-order valence-electron chi connectivity index (χ0n) is 6.85. The lowest BCUT2D eigenvalue weighted by Gasteiger charge is -2.23. The molecule has 0 aliphatic rings. The Kier molecular flexibility index (Phi) is 3.63. The van der Waals surface area contributed by atoms with Gasteiger partial charge in [-0.25, -0.2) is 0 Å². The van der Waals surface area contributed by atoms with Crippen molar-refractivity contribution < 1.29 is 9.90 Å². The van der Waals surface area contributed by atoms with E-state index in [0.717, 1.165) is 0 Å². The molecular formula is C8H13NO2. The molecule has 1 unspecified atom stereocenters. The molecule has 0 aliphatic carbocycles. The maximum absolute atomic E-state index is 10.6. The lowest BCUT2D eigenvalue weighted by atomic mass is 9.99. The van der Waals surface area contributed by atoms with Gasteiger partial charge in [0.2, 0.25) is 0 Å². The fraction of sp³-hybridized carbons (Fsp3) is 0.625. The summed E-state index contributed by atoms with van der Waals surface area (Å²) in [5, 5.41) is 11.5. The molecule has 0 aromatic heterocycles. The average Bonchev–Trinajstić information content (AvgIpc) is 2.00. The molecule has 0 fully saturated rings. The molecule has 0 rings (SSSR count). The average molecular weight is 155 g/mol. The van der Waals surface area contributed by atoms with Gasteiger partial charge < -0.3 is 5.11 Å². The molecule has 0 aliphatic heterocycles. The van der Waals surface area contributed by atoms with Gasteiger partial charge in [0.15, 0.2) is 0 Å². The van der Waals surface area contributed by atoms with Gasteiger partial charge in [0, 0.05) is 0 Å². The van der Waals surface area contributed by atoms with Crippen molar-refractivity contribution in [3.05, 3.63) is 0 Å². The van der Waals surface area contributed by atoms with Crippen molar-refractivity contribution in [1.82, 2.24) is 5.32 Å². The molecule has 0 aromatic rings. The summed E-state index contributed by atoms with van der Waals surface area (Å²) >= 11 is 0. The standard InChI is InChI=1S/C8H13NO2/c1-4-6-9-8(3,5-2)7(10)11/h1,9H,5-6H2,2-3H3,(H,10,11). The van der Waals surface area contributed by atoms with E-state index < -0.39 is 11.5 Å². The van der Waals surface area contributed by atoms with Gasteiger partial charge in [-0.2, -0.15) is 0 Å². The van der Waals surface area contributed by atoms with Gasteiger partial charge in [-0.15, -0.1) is 6.42 Å². The fourth-order valence-corrected chi connectivity index (χ4v) is 0.598. The lowest BCUT2D eigenvalue weighted by molar-refractivity contribution is -0.144. The van der Waals surface area contributed by atoms with E-state index >= 15 is 0 Å². The first kappa shape index (κ1) is 9.99. The van der Waals surface area contributed by atoms with Crippen molar-refractivity contribution in [2.24, 2.45) is 0 Å². The molecule has 62 valence electrons. The Balaban J connectivity index is 4.13. The van der Waals surface area contributed by atoms with E-state index in [1.165, 1.54) is 0 Å². The van der Waals surface area contributed by atoms with E-state index in [0.29, 0.717) is 6.42 Å². The summed E-state index contributed by atoms with van der Waals surface area (Å²) in [6.45, 7) is 3.71. The van der Waals surface area contributed by atoms with Crippen molar-refractivity contribution in [3.8, 4) is 12.3 Å². The minimum atomic E-state index is -0.883. The van der Waals surface area contributed by atoms with Crippen molar-refractivity contribution in [3.63, 3.8) is 0 Å². The topological polar surface area (TPSA) is 49.3 Å². The normalized spacial score (nSPS) is 15.0. The van der Waals surface area contributed by atoms with Crippen LogP contribution in [0.15, 0.2) is 0 Å². The van der Waals surface area contributed by atoms with Crippen LogP contribution in [0.4, 0.5) is 0 Å². The Morgan fingerprint density at radius 3 is 2.64 bits per heavy atom. The zero-order chi connectivity index (χ0) is 8.91. The Morgan fingerprint density at radius 2 is 2.36 bits per heavy atom. The van der Waals surface area contributed by atoms with E-state index in [1.54, 1.807) is 13.8 Å². The van der Waals surface area contributed by atoms with Crippen LogP contribution in [0, 0.1) is 12.3 Å². The van der Waals surface area contributed by atoms with E-state index in [1.807, 2.05) is 0 Å². The van der Waals surface area contributed by atoms with Crippen LogP contribution in [0.1, 0.15) is 20.3 Å². The molecule has 0 saturated heterocycles. The van der Waals surface area contributed by atoms with Crippen molar-refractivity contribution >= 4 is 5.97 Å². The first-order chi connectivity index (χ1) is 5.06. The number of terminal acetylenes is 1. The highest BCUT2D eigenvalue weighted by Gasteiger charge is 2.29. The Labute approximate surface area is 66.8 Å². The summed E-state index contributed by atoms with van der Waals surface area (Å²) in [5.74, 6) is 1.47. The zero-order valence-corrected chi connectivity index (χ0v) is 6.85. The molecule has 0 amide bonds. The highest BCUT2D eigenvalue weighted by molar-refractivity contribution is 5.78. The fourth-order valence-electron chi connectivity index (χ4n) is 0.598. The molecule has 0 heterocycles. The number of carboxylic acid groups (broad SMARTS) is 1. The summed E-state index contributed by atoms with van der Waals surface area (Å²) in [6, 6.07) is 0. The van der Waals surface area contributed by atoms with Gasteiger partial charge in [0.25, 0.3) is 0 Å². The van der Waals surface area contributed by atoms with Gasteiger partial charge in [-0.3, -0.25) is 10.1 Å². The summed E-state index contributed by atoms with van der Waals surface area (Å²) in [7, 11) is 0. The number of carboxylic acids is 1. The summed E-state index contributed by atoms with van der Waals surface area (Å²) in [4.78, 5) is 10.6. The monoisotopic (exact) mass is 155 g/mol. The SMILES string of the molecule is C#CCNC(C)(CC)C(=O)O. The summed E-state index contributed by atoms with van der Waals surface area (Å²) < 4.78 is 0. The van der Waals surface area contributed by atoms with Gasteiger partial charge >= 0.3 is 5.97 Å². The second kappa shape index (κ2) is 3.99. The minimum Gasteiger partial charge on any atom is -0.480 e. The highest BCUT2D eigenvalue weighted by Crippen LogP contribution is 2.07. The first-order valence-electron chi connectivity index (χ1n) is 3.48. The van der Waals surface area contributed by atoms with Crippen LogP contribution in [0.5, 0.6) is 0 Å². The first-order valence-corrected chi connectivity index (χ1v) is 3.48. The van der Waals surface area contributed by atoms with E-state index in [2.05, 4.69) is 11.2 Å². The van der Waals surface area contributed by atoms with Gasteiger partial charge in [0.1, 0.15) is 5.54 Å². The Hall–Kier alpha value is -1.01. The van der Waals surface area contributed by atoms with Crippen LogP contribution in [-0.2, 0) is 4.79 Å². The molecule has 0 aromatic carbocycles. The van der Waals surface area contributed by atoms with Crippen LogP contribution in [0.25, 0.3) is 0 Å². The summed E-state index contributed by atoms with van der Waals surface area (Å²) in [6.07, 6.45) is 5.50. The molecular weight excluding hydrogens is 142 g/mol. The molecule has 0 radical (unpaired) electrons. The van der Waals surface area contributed by atoms with Crippen LogP contribution in [-0.4, -0.2) is 23.2 Å². The van der Waals surface area contributed by atoms with E-state index in [-0.39, 0.29) is 6.54 Å². The number of aliphatic carboxylic acids is 1. The molecule has 3 heteroatoms. The van der Waals surface area contributed by atoms with Gasteiger partial charge in [0.05, 0.1) is 6.54 Å². The van der Waals surface area contributed by atoms with Gasteiger partial charge in [-0.05, 0) is 13.3 Å². The summed E-state index contributed by atoms with van der Waals surface area (Å²) in [5.41, 5.74) is -0.883. The number of rotatable bonds is 4. The van der Waals surface area contributed by atoms with Gasteiger partial charge in [-0.1, -0.05) is 12.8 Å². The predicted molar refractivity (Wildman–Crippen MR) is 43.2 cm³/mol.